The van der Waals surface area contributed by atoms with Gasteiger partial charge in [0.15, 0.2) is 11.5 Å². The quantitative estimate of drug-likeness (QED) is 0.391. The summed E-state index contributed by atoms with van der Waals surface area (Å²) in [6.07, 6.45) is -2.49. The number of nitro groups is 1. The first-order valence-corrected chi connectivity index (χ1v) is 8.21. The Morgan fingerprint density at radius 1 is 1.21 bits per heavy atom. The van der Waals surface area contributed by atoms with Crippen LogP contribution in [0.25, 0.3) is 0 Å². The van der Waals surface area contributed by atoms with Gasteiger partial charge < -0.3 is 9.47 Å². The minimum Gasteiger partial charge on any atom is -0.493 e. The van der Waals surface area contributed by atoms with E-state index in [-0.39, 0.29) is 5.69 Å². The van der Waals surface area contributed by atoms with E-state index in [0.29, 0.717) is 29.7 Å². The number of rotatable bonds is 8. The number of benzene rings is 2. The molecule has 0 aliphatic rings. The molecule has 2 aromatic rings. The molecule has 10 heteroatoms. The lowest BCUT2D eigenvalue weighted by Crippen LogP contribution is -2.06. The van der Waals surface area contributed by atoms with Crippen molar-refractivity contribution in [1.82, 2.24) is 0 Å². The fraction of sp³-hybridized carbons (Fsp3) is 0.278. The summed E-state index contributed by atoms with van der Waals surface area (Å²) >= 11 is 0. The average Bonchev–Trinajstić information content (AvgIpc) is 2.65. The van der Waals surface area contributed by atoms with E-state index in [1.807, 2.05) is 6.92 Å². The molecule has 0 atom stereocenters. The lowest BCUT2D eigenvalue weighted by Gasteiger charge is -2.10. The van der Waals surface area contributed by atoms with Gasteiger partial charge in [0.1, 0.15) is 5.69 Å². The summed E-state index contributed by atoms with van der Waals surface area (Å²) in [5, 5.41) is 14.9. The van der Waals surface area contributed by atoms with Crippen LogP contribution in [0.4, 0.5) is 24.5 Å². The lowest BCUT2D eigenvalue weighted by molar-refractivity contribution is -0.384. The molecule has 0 aromatic heterocycles. The van der Waals surface area contributed by atoms with Gasteiger partial charge in [-0.2, -0.15) is 18.3 Å². The van der Waals surface area contributed by atoms with Gasteiger partial charge in [-0.25, -0.2) is 0 Å². The second kappa shape index (κ2) is 9.07. The minimum absolute atomic E-state index is 0.163. The van der Waals surface area contributed by atoms with Crippen molar-refractivity contribution >= 4 is 17.6 Å². The van der Waals surface area contributed by atoms with Gasteiger partial charge in [-0.15, -0.1) is 0 Å². The number of ether oxygens (including phenoxy) is 2. The highest BCUT2D eigenvalue weighted by Gasteiger charge is 2.33. The van der Waals surface area contributed by atoms with Crippen molar-refractivity contribution < 1.29 is 27.6 Å². The molecule has 0 spiro atoms. The van der Waals surface area contributed by atoms with Gasteiger partial charge in [-0.1, -0.05) is 6.92 Å². The molecule has 1 N–H and O–H groups in total. The molecular formula is C18H18F3N3O4. The summed E-state index contributed by atoms with van der Waals surface area (Å²) in [5.74, 6) is 1.05. The van der Waals surface area contributed by atoms with Gasteiger partial charge >= 0.3 is 6.18 Å². The third-order valence-electron chi connectivity index (χ3n) is 3.57. The molecule has 0 bridgehead atoms. The Morgan fingerprint density at radius 3 is 2.57 bits per heavy atom. The number of anilines is 1. The first-order valence-electron chi connectivity index (χ1n) is 8.21. The highest BCUT2D eigenvalue weighted by atomic mass is 19.4. The number of hydrogen-bond acceptors (Lipinski definition) is 6. The van der Waals surface area contributed by atoms with Crippen LogP contribution in [0.15, 0.2) is 41.5 Å². The Labute approximate surface area is 158 Å². The van der Waals surface area contributed by atoms with Crippen LogP contribution in [0.3, 0.4) is 0 Å². The summed E-state index contributed by atoms with van der Waals surface area (Å²) in [5.41, 5.74) is 0.995. The molecule has 150 valence electrons. The van der Waals surface area contributed by atoms with E-state index < -0.39 is 22.4 Å². The van der Waals surface area contributed by atoms with Crippen molar-refractivity contribution in [3.63, 3.8) is 0 Å². The van der Waals surface area contributed by atoms with Crippen molar-refractivity contribution in [2.45, 2.75) is 19.5 Å². The predicted octanol–water partition coefficient (Wildman–Crippen LogP) is 4.86. The maximum Gasteiger partial charge on any atom is 0.416 e. The van der Waals surface area contributed by atoms with Crippen molar-refractivity contribution in [2.24, 2.45) is 5.10 Å². The van der Waals surface area contributed by atoms with Crippen LogP contribution in [-0.4, -0.2) is 24.9 Å². The van der Waals surface area contributed by atoms with Crippen LogP contribution < -0.4 is 14.9 Å². The Morgan fingerprint density at radius 2 is 1.96 bits per heavy atom. The SMILES string of the molecule is CCCOc1ccc(/C=N\Nc2ccc(C(F)(F)F)cc2[N+](=O)[O-])cc1OC. The smallest absolute Gasteiger partial charge is 0.416 e. The second-order valence-electron chi connectivity index (χ2n) is 5.62. The highest BCUT2D eigenvalue weighted by molar-refractivity contribution is 5.82. The molecular weight excluding hydrogens is 379 g/mol. The fourth-order valence-electron chi connectivity index (χ4n) is 2.23. The summed E-state index contributed by atoms with van der Waals surface area (Å²) in [7, 11) is 1.48. The monoisotopic (exact) mass is 397 g/mol. The number of nitro benzene ring substituents is 1. The standard InChI is InChI=1S/C18H18F3N3O4/c1-3-8-28-16-7-4-12(9-17(16)27-2)11-22-23-14-6-5-13(18(19,20)21)10-15(14)24(25)26/h4-7,9-11,23H,3,8H2,1-2H3/b22-11-. The molecule has 0 saturated heterocycles. The highest BCUT2D eigenvalue weighted by Crippen LogP contribution is 2.35. The molecule has 28 heavy (non-hydrogen) atoms. The number of alkyl halides is 3. The molecule has 0 radical (unpaired) electrons. The summed E-state index contributed by atoms with van der Waals surface area (Å²) in [6, 6.07) is 7.20. The summed E-state index contributed by atoms with van der Waals surface area (Å²) in [6.45, 7) is 2.50. The van der Waals surface area contributed by atoms with Gasteiger partial charge in [0, 0.05) is 6.07 Å². The molecule has 0 amide bonds. The van der Waals surface area contributed by atoms with E-state index in [4.69, 9.17) is 9.47 Å². The maximum absolute atomic E-state index is 12.7. The molecule has 7 nitrogen and oxygen atoms in total. The third-order valence-corrected chi connectivity index (χ3v) is 3.57. The predicted molar refractivity (Wildman–Crippen MR) is 98.1 cm³/mol. The Hall–Kier alpha value is -3.30. The number of halogens is 3. The zero-order chi connectivity index (χ0) is 20.7. The molecule has 0 aliphatic heterocycles. The molecule has 2 rings (SSSR count). The van der Waals surface area contributed by atoms with Crippen molar-refractivity contribution in [3.8, 4) is 11.5 Å². The average molecular weight is 397 g/mol. The first kappa shape index (κ1) is 21.0. The van der Waals surface area contributed by atoms with Crippen LogP contribution in [0, 0.1) is 10.1 Å². The van der Waals surface area contributed by atoms with Gasteiger partial charge in [-0.3, -0.25) is 15.5 Å². The zero-order valence-electron chi connectivity index (χ0n) is 15.1. The normalized spacial score (nSPS) is 11.5. The van der Waals surface area contributed by atoms with Gasteiger partial charge in [-0.05, 0) is 42.3 Å². The lowest BCUT2D eigenvalue weighted by atomic mass is 10.1. The Bertz CT molecular complexity index is 870. The van der Waals surface area contributed by atoms with Crippen LogP contribution in [0.2, 0.25) is 0 Å². The van der Waals surface area contributed by atoms with Crippen LogP contribution >= 0.6 is 0 Å². The summed E-state index contributed by atoms with van der Waals surface area (Å²) < 4.78 is 48.9. The van der Waals surface area contributed by atoms with E-state index >= 15 is 0 Å². The Balaban J connectivity index is 2.19. The summed E-state index contributed by atoms with van der Waals surface area (Å²) in [4.78, 5) is 10.2. The third kappa shape index (κ3) is 5.35. The number of hydrazone groups is 1. The zero-order valence-corrected chi connectivity index (χ0v) is 15.1. The van der Waals surface area contributed by atoms with Crippen LogP contribution in [0.1, 0.15) is 24.5 Å². The second-order valence-corrected chi connectivity index (χ2v) is 5.62. The maximum atomic E-state index is 12.7. The van der Waals surface area contributed by atoms with E-state index in [9.17, 15) is 23.3 Å². The van der Waals surface area contributed by atoms with Crippen LogP contribution in [-0.2, 0) is 6.18 Å². The van der Waals surface area contributed by atoms with E-state index in [1.165, 1.54) is 13.3 Å². The molecule has 0 saturated carbocycles. The first-order chi connectivity index (χ1) is 13.3. The van der Waals surface area contributed by atoms with Crippen molar-refractivity contribution in [2.75, 3.05) is 19.1 Å². The van der Waals surface area contributed by atoms with E-state index in [2.05, 4.69) is 10.5 Å². The van der Waals surface area contributed by atoms with Gasteiger partial charge in [0.05, 0.1) is 30.4 Å². The van der Waals surface area contributed by atoms with Crippen molar-refractivity contribution in [1.29, 1.82) is 0 Å². The molecule has 0 unspecified atom stereocenters. The largest absolute Gasteiger partial charge is 0.493 e. The molecule has 0 heterocycles. The van der Waals surface area contributed by atoms with Gasteiger partial charge in [0.25, 0.3) is 5.69 Å². The molecule has 0 aliphatic carbocycles. The minimum atomic E-state index is -4.68. The van der Waals surface area contributed by atoms with Gasteiger partial charge in [0.2, 0.25) is 0 Å². The Kier molecular flexibility index (Phi) is 6.80. The number of nitrogens with zero attached hydrogens (tertiary/aromatic N) is 2. The van der Waals surface area contributed by atoms with Crippen LogP contribution in [0.5, 0.6) is 11.5 Å². The fourth-order valence-corrected chi connectivity index (χ4v) is 2.23. The molecule has 0 fully saturated rings. The number of hydrogen-bond donors (Lipinski definition) is 1. The number of nitrogens with one attached hydrogen (secondary N) is 1. The topological polar surface area (TPSA) is 86.0 Å². The van der Waals surface area contributed by atoms with Crippen molar-refractivity contribution in [3.05, 3.63) is 57.6 Å². The number of methoxy groups -OCH3 is 1. The molecule has 2 aromatic carbocycles. The van der Waals surface area contributed by atoms with E-state index in [1.54, 1.807) is 18.2 Å². The van der Waals surface area contributed by atoms with E-state index in [0.717, 1.165) is 18.6 Å².